The summed E-state index contributed by atoms with van der Waals surface area (Å²) in [6.07, 6.45) is -0.807. The van der Waals surface area contributed by atoms with Crippen molar-refractivity contribution in [3.8, 4) is 5.75 Å². The minimum absolute atomic E-state index is 0.0253. The average Bonchev–Trinajstić information content (AvgIpc) is 3.38. The Balaban J connectivity index is 1.70. The van der Waals surface area contributed by atoms with E-state index in [2.05, 4.69) is 5.32 Å². The number of halogens is 5. The maximum atomic E-state index is 14.9. The van der Waals surface area contributed by atoms with Gasteiger partial charge in [0.1, 0.15) is 17.2 Å². The summed E-state index contributed by atoms with van der Waals surface area (Å²) >= 11 is 18.6. The number of methoxy groups -OCH3 is 1. The van der Waals surface area contributed by atoms with E-state index >= 15 is 0 Å². The Morgan fingerprint density at radius 1 is 1.16 bits per heavy atom. The van der Waals surface area contributed by atoms with Gasteiger partial charge in [0, 0.05) is 46.9 Å². The van der Waals surface area contributed by atoms with Crippen LogP contribution >= 0.6 is 34.8 Å². The number of aliphatic carboxylic acids is 1. The molecule has 0 aliphatic carbocycles. The first-order valence-electron chi connectivity index (χ1n) is 11.1. The lowest BCUT2D eigenvalue weighted by Gasteiger charge is -2.36. The second-order valence-electron chi connectivity index (χ2n) is 9.37. The smallest absolute Gasteiger partial charge is 0.310 e. The lowest BCUT2D eigenvalue weighted by molar-refractivity contribution is -0.153. The second-order valence-corrected chi connectivity index (χ2v) is 10.7. The summed E-state index contributed by atoms with van der Waals surface area (Å²) in [5, 5.41) is 13.3. The highest BCUT2D eigenvalue weighted by Crippen LogP contribution is 2.61. The molecule has 2 aromatic carbocycles. The van der Waals surface area contributed by atoms with Gasteiger partial charge in [-0.05, 0) is 24.3 Å². The number of hydrogen-bond donors (Lipinski definition) is 2. The van der Waals surface area contributed by atoms with Crippen LogP contribution in [-0.4, -0.2) is 60.5 Å². The van der Waals surface area contributed by atoms with Crippen molar-refractivity contribution in [1.29, 1.82) is 0 Å². The van der Waals surface area contributed by atoms with Gasteiger partial charge in [-0.15, -0.1) is 0 Å². The van der Waals surface area contributed by atoms with Crippen molar-refractivity contribution in [3.63, 3.8) is 0 Å². The summed E-state index contributed by atoms with van der Waals surface area (Å²) in [6, 6.07) is 5.90. The highest BCUT2D eigenvalue weighted by molar-refractivity contribution is 6.38. The number of carboxylic acid groups (broad SMARTS) is 1. The third kappa shape index (κ3) is 3.76. The predicted molar refractivity (Wildman–Crippen MR) is 133 cm³/mol. The first-order valence-corrected chi connectivity index (χ1v) is 12.3. The van der Waals surface area contributed by atoms with E-state index in [1.165, 1.54) is 44.5 Å². The summed E-state index contributed by atoms with van der Waals surface area (Å²) in [6.45, 7) is -0.920. The fourth-order valence-electron chi connectivity index (χ4n) is 5.99. The van der Waals surface area contributed by atoms with E-state index in [0.717, 1.165) is 9.80 Å². The first-order chi connectivity index (χ1) is 17.3. The molecule has 0 unspecified atom stereocenters. The van der Waals surface area contributed by atoms with Crippen molar-refractivity contribution in [2.24, 2.45) is 11.8 Å². The van der Waals surface area contributed by atoms with Gasteiger partial charge in [0.2, 0.25) is 5.91 Å². The molecule has 0 radical (unpaired) electrons. The van der Waals surface area contributed by atoms with Crippen LogP contribution in [0.25, 0.3) is 0 Å². The molecule has 4 atom stereocenters. The molecule has 196 valence electrons. The van der Waals surface area contributed by atoms with Gasteiger partial charge < -0.3 is 20.1 Å². The number of nitrogens with one attached hydrogen (secondary N) is 1. The van der Waals surface area contributed by atoms with Crippen molar-refractivity contribution in [2.45, 2.75) is 23.9 Å². The van der Waals surface area contributed by atoms with Gasteiger partial charge in [-0.25, -0.2) is 8.78 Å². The van der Waals surface area contributed by atoms with E-state index in [1.807, 2.05) is 0 Å². The van der Waals surface area contributed by atoms with Crippen LogP contribution in [0.3, 0.4) is 0 Å². The van der Waals surface area contributed by atoms with Gasteiger partial charge in [-0.2, -0.15) is 0 Å². The van der Waals surface area contributed by atoms with E-state index < -0.39 is 60.1 Å². The van der Waals surface area contributed by atoms with Gasteiger partial charge in [0.15, 0.2) is 0 Å². The van der Waals surface area contributed by atoms with Crippen LogP contribution in [0, 0.1) is 11.8 Å². The van der Waals surface area contributed by atoms with Crippen LogP contribution < -0.4 is 15.0 Å². The fourth-order valence-corrected chi connectivity index (χ4v) is 6.75. The molecule has 2 saturated heterocycles. The zero-order valence-electron chi connectivity index (χ0n) is 19.4. The van der Waals surface area contributed by atoms with Crippen molar-refractivity contribution in [1.82, 2.24) is 4.90 Å². The number of carboxylic acids is 1. The predicted octanol–water partition coefficient (Wildman–Crippen LogP) is 4.51. The quantitative estimate of drug-likeness (QED) is 0.558. The molecule has 2 fully saturated rings. The van der Waals surface area contributed by atoms with Gasteiger partial charge in [0.25, 0.3) is 11.8 Å². The molecule has 0 bridgehead atoms. The maximum absolute atomic E-state index is 14.9. The zero-order valence-corrected chi connectivity index (χ0v) is 21.7. The number of carbonyl (C=O) groups excluding carboxylic acids is 2. The fraction of sp³-hybridized carbons (Fsp3) is 0.375. The zero-order chi connectivity index (χ0) is 27.0. The van der Waals surface area contributed by atoms with E-state index in [4.69, 9.17) is 39.5 Å². The number of benzene rings is 2. The van der Waals surface area contributed by atoms with Crippen molar-refractivity contribution < 1.29 is 33.0 Å². The Morgan fingerprint density at radius 3 is 2.49 bits per heavy atom. The number of hydrogen-bond acceptors (Lipinski definition) is 5. The van der Waals surface area contributed by atoms with Crippen LogP contribution in [0.15, 0.2) is 30.3 Å². The third-order valence-electron chi connectivity index (χ3n) is 7.40. The second kappa shape index (κ2) is 8.69. The number of amides is 2. The summed E-state index contributed by atoms with van der Waals surface area (Å²) in [7, 11) is 2.79. The average molecular weight is 575 g/mol. The molecule has 2 aromatic rings. The molecule has 3 aliphatic heterocycles. The van der Waals surface area contributed by atoms with E-state index in [9.17, 15) is 28.3 Å². The minimum Gasteiger partial charge on any atom is -0.497 e. The molecule has 8 nitrogen and oxygen atoms in total. The standard InChI is InChI=1S/C24H20Cl3F2N3O5/c1-31(12-3-10(25)4-13(7-12)37-2)20(33)17-16-8-23(28,29)9-32(16)24(18(17)21(34)35)14-5-11(26)6-15(27)19(14)30-22(24)36/h3-7,16-18H,8-9H2,1-2H3,(H,30,36)(H,34,35)/t16-,17+,18-,24+/m1/s1. The molecular formula is C24H20Cl3F2N3O5. The highest BCUT2D eigenvalue weighted by Gasteiger charge is 2.74. The van der Waals surface area contributed by atoms with E-state index in [-0.39, 0.29) is 32.0 Å². The first kappa shape index (κ1) is 26.0. The summed E-state index contributed by atoms with van der Waals surface area (Å²) < 4.78 is 34.9. The molecule has 1 spiro atoms. The van der Waals surface area contributed by atoms with Gasteiger partial charge >= 0.3 is 5.97 Å². The molecule has 3 aliphatic rings. The molecule has 0 aromatic heterocycles. The number of fused-ring (bicyclic) bond motifs is 4. The lowest BCUT2D eigenvalue weighted by Crippen LogP contribution is -2.54. The number of anilines is 2. The summed E-state index contributed by atoms with van der Waals surface area (Å²) in [5.41, 5.74) is -1.74. The summed E-state index contributed by atoms with van der Waals surface area (Å²) in [4.78, 5) is 42.7. The molecular weight excluding hydrogens is 555 g/mol. The molecule has 2 amide bonds. The van der Waals surface area contributed by atoms with Crippen LogP contribution in [-0.2, 0) is 19.9 Å². The minimum atomic E-state index is -3.27. The number of alkyl halides is 2. The highest BCUT2D eigenvalue weighted by atomic mass is 35.5. The van der Waals surface area contributed by atoms with E-state index in [1.54, 1.807) is 0 Å². The Bertz CT molecular complexity index is 1360. The molecule has 5 rings (SSSR count). The number of rotatable bonds is 4. The van der Waals surface area contributed by atoms with Gasteiger partial charge in [-0.3, -0.25) is 19.3 Å². The van der Waals surface area contributed by atoms with Crippen molar-refractivity contribution in [3.05, 3.63) is 51.0 Å². The van der Waals surface area contributed by atoms with Crippen LogP contribution in [0.4, 0.5) is 20.2 Å². The number of nitrogens with zero attached hydrogens (tertiary/aromatic N) is 2. The van der Waals surface area contributed by atoms with Gasteiger partial charge in [0.05, 0.1) is 30.3 Å². The summed E-state index contributed by atoms with van der Waals surface area (Å²) in [5.74, 6) is -9.30. The molecule has 3 heterocycles. The monoisotopic (exact) mass is 573 g/mol. The molecule has 13 heteroatoms. The Labute approximate surface area is 225 Å². The number of ether oxygens (including phenoxy) is 1. The normalized spacial score (nSPS) is 27.6. The maximum Gasteiger partial charge on any atom is 0.310 e. The van der Waals surface area contributed by atoms with Gasteiger partial charge in [-0.1, -0.05) is 34.8 Å². The van der Waals surface area contributed by atoms with Crippen LogP contribution in [0.5, 0.6) is 5.75 Å². The van der Waals surface area contributed by atoms with Crippen molar-refractivity contribution >= 4 is 64.0 Å². The third-order valence-corrected chi connectivity index (χ3v) is 8.13. The van der Waals surface area contributed by atoms with Crippen molar-refractivity contribution in [2.75, 3.05) is 30.9 Å². The Kier molecular flexibility index (Phi) is 6.10. The van der Waals surface area contributed by atoms with Crippen LogP contribution in [0.2, 0.25) is 15.1 Å². The molecule has 37 heavy (non-hydrogen) atoms. The Morgan fingerprint density at radius 2 is 1.84 bits per heavy atom. The largest absolute Gasteiger partial charge is 0.497 e. The lowest BCUT2D eigenvalue weighted by atomic mass is 9.73. The number of carbonyl (C=O) groups is 3. The molecule has 0 saturated carbocycles. The SMILES string of the molecule is COc1cc(Cl)cc(N(C)C(=O)[C@H]2[C@H]3CC(F)(F)CN3[C@]3(C(=O)Nc4c(Cl)cc(Cl)cc43)[C@H]2C(=O)O)c1. The Hall–Kier alpha value is -2.66. The van der Waals surface area contributed by atoms with E-state index in [0.29, 0.717) is 5.75 Å². The van der Waals surface area contributed by atoms with Crippen LogP contribution in [0.1, 0.15) is 12.0 Å². The molecule has 2 N–H and O–H groups in total. The topological polar surface area (TPSA) is 99.2 Å².